The van der Waals surface area contributed by atoms with Gasteiger partial charge >= 0.3 is 6.18 Å². The molecule has 0 fully saturated rings. The molecule has 0 N–H and O–H groups in total. The second-order valence-corrected chi connectivity index (χ2v) is 7.60. The van der Waals surface area contributed by atoms with Gasteiger partial charge in [-0.15, -0.1) is 0 Å². The molecule has 0 aromatic carbocycles. The summed E-state index contributed by atoms with van der Waals surface area (Å²) in [4.78, 5) is 18.5. The number of aromatic nitrogens is 3. The fourth-order valence-corrected chi connectivity index (χ4v) is 3.93. The highest BCUT2D eigenvalue weighted by molar-refractivity contribution is 6.33. The highest BCUT2D eigenvalue weighted by atomic mass is 35.5. The number of hydrogen-bond acceptors (Lipinski definition) is 5. The van der Waals surface area contributed by atoms with E-state index in [0.29, 0.717) is 18.5 Å². The van der Waals surface area contributed by atoms with Crippen molar-refractivity contribution in [2.24, 2.45) is 0 Å². The fourth-order valence-electron chi connectivity index (χ4n) is 3.68. The van der Waals surface area contributed by atoms with Gasteiger partial charge in [-0.2, -0.15) is 13.2 Å². The quantitative estimate of drug-likeness (QED) is 0.419. The lowest BCUT2D eigenvalue weighted by Crippen LogP contribution is -2.35. The number of hydrogen-bond donors (Lipinski definition) is 0. The number of nitrogens with zero attached hydrogens (tertiary/aromatic N) is 4. The molecule has 164 valence electrons. The Hall–Kier alpha value is -3.53. The van der Waals surface area contributed by atoms with Crippen LogP contribution in [0.2, 0.25) is 5.15 Å². The van der Waals surface area contributed by atoms with Crippen molar-refractivity contribution >= 4 is 28.7 Å². The Morgan fingerprint density at radius 2 is 2.03 bits per heavy atom. The molecule has 0 atom stereocenters. The Bertz CT molecular complexity index is 1320. The molecule has 1 aliphatic heterocycles. The average molecular weight is 463 g/mol. The van der Waals surface area contributed by atoms with E-state index in [2.05, 4.69) is 10.1 Å². The number of imidazole rings is 1. The van der Waals surface area contributed by atoms with Gasteiger partial charge < -0.3 is 13.8 Å². The molecule has 32 heavy (non-hydrogen) atoms. The second kappa shape index (κ2) is 7.56. The first-order valence-corrected chi connectivity index (χ1v) is 9.90. The molecule has 4 aromatic heterocycles. The largest absolute Gasteiger partial charge is 0.472 e. The number of fused-ring (bicyclic) bond motifs is 1. The van der Waals surface area contributed by atoms with Crippen molar-refractivity contribution in [3.05, 3.63) is 71.4 Å². The summed E-state index contributed by atoms with van der Waals surface area (Å²) in [6, 6.07) is 2.50. The average Bonchev–Trinajstić information content (AvgIpc) is 3.54. The number of furan rings is 1. The summed E-state index contributed by atoms with van der Waals surface area (Å²) in [5.74, 6) is -0.544. The summed E-state index contributed by atoms with van der Waals surface area (Å²) in [7, 11) is 0. The number of pyridine rings is 1. The van der Waals surface area contributed by atoms with Gasteiger partial charge in [-0.05, 0) is 24.1 Å². The SMILES string of the molecule is O=C(c1nc2c(C(F)(F)F)cc(-c3ccoc3)cn2c1Cl)N1CC=C(c2cnoc2)CC1. The van der Waals surface area contributed by atoms with Crippen LogP contribution in [0, 0.1) is 0 Å². The summed E-state index contributed by atoms with van der Waals surface area (Å²) in [5.41, 5.74) is 0.808. The zero-order chi connectivity index (χ0) is 22.5. The predicted molar refractivity (Wildman–Crippen MR) is 108 cm³/mol. The minimum absolute atomic E-state index is 0.186. The van der Waals surface area contributed by atoms with Gasteiger partial charge in [0, 0.05) is 36.0 Å². The first-order valence-electron chi connectivity index (χ1n) is 9.52. The van der Waals surface area contributed by atoms with Crippen molar-refractivity contribution in [1.29, 1.82) is 0 Å². The number of amides is 1. The van der Waals surface area contributed by atoms with Crippen molar-refractivity contribution in [2.45, 2.75) is 12.6 Å². The number of carbonyl (C=O) groups is 1. The molecule has 1 amide bonds. The molecule has 5 rings (SSSR count). The number of rotatable bonds is 3. The van der Waals surface area contributed by atoms with E-state index < -0.39 is 23.3 Å². The van der Waals surface area contributed by atoms with E-state index >= 15 is 0 Å². The van der Waals surface area contributed by atoms with Gasteiger partial charge in [-0.3, -0.25) is 9.20 Å². The molecule has 1 aliphatic rings. The minimum atomic E-state index is -4.70. The third kappa shape index (κ3) is 3.46. The van der Waals surface area contributed by atoms with Crippen molar-refractivity contribution in [1.82, 2.24) is 19.4 Å². The zero-order valence-corrected chi connectivity index (χ0v) is 17.0. The van der Waals surface area contributed by atoms with Crippen molar-refractivity contribution in [3.63, 3.8) is 0 Å². The van der Waals surface area contributed by atoms with Gasteiger partial charge in [0.1, 0.15) is 11.4 Å². The van der Waals surface area contributed by atoms with Crippen LogP contribution >= 0.6 is 11.6 Å². The Morgan fingerprint density at radius 3 is 2.66 bits per heavy atom. The normalized spacial score (nSPS) is 14.8. The van der Waals surface area contributed by atoms with E-state index in [0.717, 1.165) is 21.6 Å². The molecule has 0 saturated carbocycles. The van der Waals surface area contributed by atoms with Gasteiger partial charge in [0.2, 0.25) is 0 Å². The van der Waals surface area contributed by atoms with Crippen LogP contribution in [0.25, 0.3) is 22.3 Å². The molecule has 0 bridgehead atoms. The van der Waals surface area contributed by atoms with Gasteiger partial charge in [0.05, 0.1) is 24.3 Å². The van der Waals surface area contributed by atoms with Crippen molar-refractivity contribution in [2.75, 3.05) is 13.1 Å². The molecule has 0 saturated heterocycles. The highest BCUT2D eigenvalue weighted by Crippen LogP contribution is 2.37. The second-order valence-electron chi connectivity index (χ2n) is 7.24. The fraction of sp³-hybridized carbons (Fsp3) is 0.190. The van der Waals surface area contributed by atoms with E-state index in [1.165, 1.54) is 36.0 Å². The van der Waals surface area contributed by atoms with Crippen LogP contribution in [-0.2, 0) is 6.18 Å². The molecule has 4 aromatic rings. The maximum absolute atomic E-state index is 13.8. The molecule has 0 aliphatic carbocycles. The molecule has 11 heteroatoms. The Balaban J connectivity index is 1.54. The molecular weight excluding hydrogens is 449 g/mol. The third-order valence-corrected chi connectivity index (χ3v) is 5.68. The number of carbonyl (C=O) groups excluding carboxylic acids is 1. The van der Waals surface area contributed by atoms with Crippen LogP contribution in [-0.4, -0.2) is 38.4 Å². The third-order valence-electron chi connectivity index (χ3n) is 5.32. The lowest BCUT2D eigenvalue weighted by molar-refractivity contribution is -0.136. The Labute approximate surface area is 183 Å². The molecule has 7 nitrogen and oxygen atoms in total. The first-order chi connectivity index (χ1) is 15.3. The molecule has 0 unspecified atom stereocenters. The van der Waals surface area contributed by atoms with Gasteiger partial charge in [0.25, 0.3) is 5.91 Å². The van der Waals surface area contributed by atoms with Crippen LogP contribution in [0.5, 0.6) is 0 Å². The van der Waals surface area contributed by atoms with Crippen molar-refractivity contribution < 1.29 is 26.9 Å². The monoisotopic (exact) mass is 462 g/mol. The van der Waals surface area contributed by atoms with Crippen LogP contribution in [0.1, 0.15) is 28.0 Å². The maximum atomic E-state index is 13.8. The summed E-state index contributed by atoms with van der Waals surface area (Å²) in [6.45, 7) is 0.613. The number of alkyl halides is 3. The standard InChI is InChI=1S/C21H14ClF3N4O3/c22-18-17(20(30)28-4-1-12(2-5-28)15-8-26-32-11-15)27-19-16(21(23,24)25)7-14(9-29(18)19)13-3-6-31-10-13/h1,3,6-11H,2,4-5H2. The summed E-state index contributed by atoms with van der Waals surface area (Å²) in [5, 5.41) is 3.48. The zero-order valence-electron chi connectivity index (χ0n) is 16.3. The Kier molecular flexibility index (Phi) is 4.81. The Morgan fingerprint density at radius 1 is 1.19 bits per heavy atom. The number of halogens is 4. The molecule has 5 heterocycles. The minimum Gasteiger partial charge on any atom is -0.472 e. The van der Waals surface area contributed by atoms with Gasteiger partial charge in [-0.25, -0.2) is 4.98 Å². The van der Waals surface area contributed by atoms with E-state index in [9.17, 15) is 18.0 Å². The highest BCUT2D eigenvalue weighted by Gasteiger charge is 2.36. The topological polar surface area (TPSA) is 76.8 Å². The van der Waals surface area contributed by atoms with Crippen LogP contribution < -0.4 is 0 Å². The van der Waals surface area contributed by atoms with E-state index in [4.69, 9.17) is 20.5 Å². The van der Waals surface area contributed by atoms with Gasteiger partial charge in [-0.1, -0.05) is 22.8 Å². The first kappa shape index (κ1) is 20.4. The summed E-state index contributed by atoms with van der Waals surface area (Å²) >= 11 is 6.36. The van der Waals surface area contributed by atoms with Crippen molar-refractivity contribution in [3.8, 4) is 11.1 Å². The van der Waals surface area contributed by atoms with E-state index in [1.807, 2.05) is 6.08 Å². The smallest absolute Gasteiger partial charge is 0.420 e. The lowest BCUT2D eigenvalue weighted by Gasteiger charge is -2.25. The van der Waals surface area contributed by atoms with E-state index in [-0.39, 0.29) is 23.0 Å². The maximum Gasteiger partial charge on any atom is 0.420 e. The van der Waals surface area contributed by atoms with Crippen LogP contribution in [0.4, 0.5) is 13.2 Å². The predicted octanol–water partition coefficient (Wildman–Crippen LogP) is 5.18. The summed E-state index contributed by atoms with van der Waals surface area (Å²) < 4.78 is 52.2. The van der Waals surface area contributed by atoms with Gasteiger partial charge in [0.15, 0.2) is 11.3 Å². The summed E-state index contributed by atoms with van der Waals surface area (Å²) in [6.07, 6.45) is 4.86. The lowest BCUT2D eigenvalue weighted by atomic mass is 10.0. The molecule has 0 spiro atoms. The van der Waals surface area contributed by atoms with Crippen LogP contribution in [0.3, 0.4) is 0 Å². The molecular formula is C21H14ClF3N4O3. The van der Waals surface area contributed by atoms with E-state index in [1.54, 1.807) is 6.20 Å². The molecule has 0 radical (unpaired) electrons. The van der Waals surface area contributed by atoms with Crippen LogP contribution in [0.15, 0.2) is 58.3 Å².